The lowest BCUT2D eigenvalue weighted by molar-refractivity contribution is -0.123. The maximum atomic E-state index is 11.1. The third-order valence-corrected chi connectivity index (χ3v) is 1.17. The standard InChI is InChI=1S/C9H20N2O/c1-7(2)6-8(12)10-11-9(3,4)5/h7,11H,6H2,1-5H3,(H,10,12). The fourth-order valence-corrected chi connectivity index (χ4v) is 0.679. The van der Waals surface area contributed by atoms with Crippen LogP contribution < -0.4 is 10.9 Å². The minimum atomic E-state index is -0.0629. The number of amides is 1. The largest absolute Gasteiger partial charge is 0.291 e. The Bertz CT molecular complexity index is 147. The van der Waals surface area contributed by atoms with Gasteiger partial charge < -0.3 is 0 Å². The van der Waals surface area contributed by atoms with Gasteiger partial charge in [-0.05, 0) is 26.7 Å². The number of carbonyl (C=O) groups excluding carboxylic acids is 1. The lowest BCUT2D eigenvalue weighted by Crippen LogP contribution is -2.48. The SMILES string of the molecule is CC(C)CC(=O)NNC(C)(C)C. The normalized spacial score (nSPS) is 11.8. The van der Waals surface area contributed by atoms with E-state index in [1.165, 1.54) is 0 Å². The Morgan fingerprint density at radius 2 is 1.83 bits per heavy atom. The van der Waals surface area contributed by atoms with Crippen LogP contribution in [0.25, 0.3) is 0 Å². The molecular weight excluding hydrogens is 152 g/mol. The van der Waals surface area contributed by atoms with E-state index in [4.69, 9.17) is 0 Å². The summed E-state index contributed by atoms with van der Waals surface area (Å²) in [6.45, 7) is 10.1. The smallest absolute Gasteiger partial charge is 0.234 e. The van der Waals surface area contributed by atoms with Crippen LogP contribution >= 0.6 is 0 Å². The Balaban J connectivity index is 3.58. The fraction of sp³-hybridized carbons (Fsp3) is 0.889. The van der Waals surface area contributed by atoms with Crippen molar-refractivity contribution in [3.63, 3.8) is 0 Å². The molecule has 0 aliphatic carbocycles. The molecule has 0 rings (SSSR count). The highest BCUT2D eigenvalue weighted by Gasteiger charge is 2.10. The highest BCUT2D eigenvalue weighted by atomic mass is 16.2. The molecule has 2 N–H and O–H groups in total. The molecule has 3 heteroatoms. The van der Waals surface area contributed by atoms with E-state index in [1.54, 1.807) is 0 Å². The number of carbonyl (C=O) groups is 1. The molecule has 0 spiro atoms. The predicted molar refractivity (Wildman–Crippen MR) is 50.5 cm³/mol. The summed E-state index contributed by atoms with van der Waals surface area (Å²) in [7, 11) is 0. The number of hydrogen-bond acceptors (Lipinski definition) is 2. The van der Waals surface area contributed by atoms with Gasteiger partial charge in [0.15, 0.2) is 0 Å². The molecule has 0 bridgehead atoms. The van der Waals surface area contributed by atoms with Gasteiger partial charge in [-0.25, -0.2) is 5.43 Å². The second kappa shape index (κ2) is 4.45. The van der Waals surface area contributed by atoms with Crippen molar-refractivity contribution in [2.75, 3.05) is 0 Å². The minimum absolute atomic E-state index is 0.0555. The van der Waals surface area contributed by atoms with Crippen molar-refractivity contribution in [3.05, 3.63) is 0 Å². The topological polar surface area (TPSA) is 41.1 Å². The monoisotopic (exact) mass is 172 g/mol. The van der Waals surface area contributed by atoms with Gasteiger partial charge in [-0.2, -0.15) is 0 Å². The van der Waals surface area contributed by atoms with Gasteiger partial charge in [-0.1, -0.05) is 13.8 Å². The van der Waals surface area contributed by atoms with Crippen molar-refractivity contribution in [1.82, 2.24) is 10.9 Å². The van der Waals surface area contributed by atoms with Crippen LogP contribution in [0, 0.1) is 5.92 Å². The van der Waals surface area contributed by atoms with Crippen LogP contribution in [0.1, 0.15) is 41.0 Å². The first-order chi connectivity index (χ1) is 5.31. The van der Waals surface area contributed by atoms with Crippen LogP contribution in [-0.4, -0.2) is 11.4 Å². The summed E-state index contributed by atoms with van der Waals surface area (Å²) in [5.41, 5.74) is 5.53. The highest BCUT2D eigenvalue weighted by Crippen LogP contribution is 1.99. The van der Waals surface area contributed by atoms with Crippen molar-refractivity contribution in [2.24, 2.45) is 5.92 Å². The van der Waals surface area contributed by atoms with Gasteiger partial charge >= 0.3 is 0 Å². The Morgan fingerprint density at radius 1 is 1.33 bits per heavy atom. The van der Waals surface area contributed by atoms with E-state index < -0.39 is 0 Å². The first-order valence-corrected chi connectivity index (χ1v) is 4.37. The molecule has 1 amide bonds. The second-order valence-corrected chi connectivity index (χ2v) is 4.52. The van der Waals surface area contributed by atoms with E-state index in [9.17, 15) is 4.79 Å². The quantitative estimate of drug-likeness (QED) is 0.633. The van der Waals surface area contributed by atoms with Gasteiger partial charge in [0.2, 0.25) is 5.91 Å². The average Bonchev–Trinajstić information content (AvgIpc) is 1.80. The van der Waals surface area contributed by atoms with Crippen molar-refractivity contribution >= 4 is 5.91 Å². The molecule has 0 saturated carbocycles. The number of hydrazine groups is 1. The first kappa shape index (κ1) is 11.4. The number of nitrogens with one attached hydrogen (secondary N) is 2. The number of hydrogen-bond donors (Lipinski definition) is 2. The molecule has 0 unspecified atom stereocenters. The van der Waals surface area contributed by atoms with Crippen molar-refractivity contribution in [3.8, 4) is 0 Å². The molecule has 0 aromatic heterocycles. The zero-order chi connectivity index (χ0) is 9.78. The fourth-order valence-electron chi connectivity index (χ4n) is 0.679. The third-order valence-electron chi connectivity index (χ3n) is 1.17. The molecule has 0 aromatic carbocycles. The predicted octanol–water partition coefficient (Wildman–Crippen LogP) is 1.45. The first-order valence-electron chi connectivity index (χ1n) is 4.37. The molecule has 0 atom stereocenters. The van der Waals surface area contributed by atoms with Crippen molar-refractivity contribution in [1.29, 1.82) is 0 Å². The summed E-state index contributed by atoms with van der Waals surface area (Å²) in [4.78, 5) is 11.1. The lowest BCUT2D eigenvalue weighted by Gasteiger charge is -2.21. The molecule has 0 aromatic rings. The van der Waals surface area contributed by atoms with Crippen LogP contribution in [-0.2, 0) is 4.79 Å². The van der Waals surface area contributed by atoms with Crippen molar-refractivity contribution < 1.29 is 4.79 Å². The maximum absolute atomic E-state index is 11.1. The van der Waals surface area contributed by atoms with Gasteiger partial charge in [-0.3, -0.25) is 10.2 Å². The molecule has 0 aliphatic rings. The number of rotatable bonds is 3. The van der Waals surface area contributed by atoms with E-state index in [1.807, 2.05) is 34.6 Å². The Morgan fingerprint density at radius 3 is 2.17 bits per heavy atom. The van der Waals surface area contributed by atoms with Crippen LogP contribution in [0.3, 0.4) is 0 Å². The molecule has 0 radical (unpaired) electrons. The average molecular weight is 172 g/mol. The Kier molecular flexibility index (Phi) is 4.24. The summed E-state index contributed by atoms with van der Waals surface area (Å²) < 4.78 is 0. The van der Waals surface area contributed by atoms with E-state index in [-0.39, 0.29) is 11.4 Å². The summed E-state index contributed by atoms with van der Waals surface area (Å²) in [5.74, 6) is 0.465. The van der Waals surface area contributed by atoms with Crippen LogP contribution in [0.2, 0.25) is 0 Å². The molecular formula is C9H20N2O. The molecule has 3 nitrogen and oxygen atoms in total. The summed E-state index contributed by atoms with van der Waals surface area (Å²) in [6, 6.07) is 0. The summed E-state index contributed by atoms with van der Waals surface area (Å²) in [5, 5.41) is 0. The highest BCUT2D eigenvalue weighted by molar-refractivity contribution is 5.75. The van der Waals surface area contributed by atoms with Crippen LogP contribution in [0.15, 0.2) is 0 Å². The van der Waals surface area contributed by atoms with E-state index in [2.05, 4.69) is 10.9 Å². The van der Waals surface area contributed by atoms with Crippen molar-refractivity contribution in [2.45, 2.75) is 46.6 Å². The van der Waals surface area contributed by atoms with Crippen LogP contribution in [0.5, 0.6) is 0 Å². The Hall–Kier alpha value is -0.570. The van der Waals surface area contributed by atoms with E-state index in [0.717, 1.165) is 0 Å². The zero-order valence-electron chi connectivity index (χ0n) is 8.69. The molecule has 72 valence electrons. The van der Waals surface area contributed by atoms with Crippen LogP contribution in [0.4, 0.5) is 0 Å². The van der Waals surface area contributed by atoms with E-state index >= 15 is 0 Å². The lowest BCUT2D eigenvalue weighted by atomic mass is 10.1. The third kappa shape index (κ3) is 7.54. The second-order valence-electron chi connectivity index (χ2n) is 4.52. The van der Waals surface area contributed by atoms with Gasteiger partial charge in [0.05, 0.1) is 0 Å². The Labute approximate surface area is 74.9 Å². The zero-order valence-corrected chi connectivity index (χ0v) is 8.69. The van der Waals surface area contributed by atoms with E-state index in [0.29, 0.717) is 12.3 Å². The summed E-state index contributed by atoms with van der Waals surface area (Å²) >= 11 is 0. The molecule has 0 fully saturated rings. The maximum Gasteiger partial charge on any atom is 0.234 e. The minimum Gasteiger partial charge on any atom is -0.291 e. The molecule has 0 heterocycles. The molecule has 12 heavy (non-hydrogen) atoms. The van der Waals surface area contributed by atoms with Gasteiger partial charge in [-0.15, -0.1) is 0 Å². The summed E-state index contributed by atoms with van der Waals surface area (Å²) in [6.07, 6.45) is 0.572. The van der Waals surface area contributed by atoms with Gasteiger partial charge in [0.1, 0.15) is 0 Å². The van der Waals surface area contributed by atoms with Gasteiger partial charge in [0.25, 0.3) is 0 Å². The van der Waals surface area contributed by atoms with Gasteiger partial charge in [0, 0.05) is 12.0 Å². The molecule has 0 saturated heterocycles. The molecule has 0 aliphatic heterocycles.